The van der Waals surface area contributed by atoms with Gasteiger partial charge in [0.15, 0.2) is 6.61 Å². The second kappa shape index (κ2) is 7.40. The molecule has 21 heavy (non-hydrogen) atoms. The Balaban J connectivity index is 1.89. The van der Waals surface area contributed by atoms with Crippen molar-refractivity contribution >= 4 is 5.91 Å². The average molecular weight is 289 g/mol. The molecule has 0 aliphatic rings. The van der Waals surface area contributed by atoms with Gasteiger partial charge in [0.1, 0.15) is 11.6 Å². The number of halogens is 1. The summed E-state index contributed by atoms with van der Waals surface area (Å²) in [5.41, 5.74) is 0.805. The maximum absolute atomic E-state index is 13.0. The predicted molar refractivity (Wildman–Crippen MR) is 76.3 cm³/mol. The summed E-state index contributed by atoms with van der Waals surface area (Å²) in [4.78, 5) is 11.8. The smallest absolute Gasteiger partial charge is 0.258 e. The highest BCUT2D eigenvalue weighted by Gasteiger charge is 2.13. The van der Waals surface area contributed by atoms with Crippen LogP contribution in [0.3, 0.4) is 0 Å². The van der Waals surface area contributed by atoms with Gasteiger partial charge in [0.2, 0.25) is 0 Å². The van der Waals surface area contributed by atoms with Crippen molar-refractivity contribution in [3.05, 3.63) is 66.0 Å². The summed E-state index contributed by atoms with van der Waals surface area (Å²) >= 11 is 0. The van der Waals surface area contributed by atoms with E-state index in [0.717, 1.165) is 5.56 Å². The summed E-state index contributed by atoms with van der Waals surface area (Å²) in [5, 5.41) is 12.0. The molecule has 2 aromatic carbocycles. The number of aliphatic hydroxyl groups excluding tert-OH is 1. The Morgan fingerprint density at radius 3 is 2.62 bits per heavy atom. The lowest BCUT2D eigenvalue weighted by atomic mass is 10.1. The first kappa shape index (κ1) is 15.0. The van der Waals surface area contributed by atoms with Crippen LogP contribution in [-0.2, 0) is 4.79 Å². The molecule has 110 valence electrons. The van der Waals surface area contributed by atoms with Crippen LogP contribution in [0.25, 0.3) is 0 Å². The van der Waals surface area contributed by atoms with Crippen molar-refractivity contribution in [2.75, 3.05) is 13.2 Å². The third kappa shape index (κ3) is 4.57. The van der Waals surface area contributed by atoms with Crippen molar-refractivity contribution in [2.24, 2.45) is 0 Å². The van der Waals surface area contributed by atoms with Crippen LogP contribution in [0.15, 0.2) is 54.6 Å². The lowest BCUT2D eigenvalue weighted by Gasteiger charge is -2.16. The van der Waals surface area contributed by atoms with E-state index in [0.29, 0.717) is 0 Å². The fourth-order valence-corrected chi connectivity index (χ4v) is 1.86. The molecule has 0 fully saturated rings. The second-order valence-electron chi connectivity index (χ2n) is 4.46. The highest BCUT2D eigenvalue weighted by molar-refractivity contribution is 5.78. The molecule has 2 rings (SSSR count). The minimum Gasteiger partial charge on any atom is -0.484 e. The largest absolute Gasteiger partial charge is 0.484 e. The summed E-state index contributed by atoms with van der Waals surface area (Å²) < 4.78 is 18.2. The molecule has 0 bridgehead atoms. The SMILES string of the molecule is O=C(COc1cccc(F)c1)N[C@@H](CO)c1ccccc1. The molecular weight excluding hydrogens is 273 g/mol. The van der Waals surface area contributed by atoms with E-state index in [1.54, 1.807) is 6.07 Å². The van der Waals surface area contributed by atoms with Gasteiger partial charge >= 0.3 is 0 Å². The number of amides is 1. The monoisotopic (exact) mass is 289 g/mol. The van der Waals surface area contributed by atoms with Crippen LogP contribution in [0.1, 0.15) is 11.6 Å². The molecule has 5 heteroatoms. The van der Waals surface area contributed by atoms with Gasteiger partial charge in [0, 0.05) is 6.07 Å². The first-order valence-electron chi connectivity index (χ1n) is 6.52. The Kier molecular flexibility index (Phi) is 5.29. The van der Waals surface area contributed by atoms with Gasteiger partial charge in [-0.1, -0.05) is 36.4 Å². The highest BCUT2D eigenvalue weighted by Crippen LogP contribution is 2.13. The van der Waals surface area contributed by atoms with Crippen molar-refractivity contribution < 1.29 is 19.0 Å². The first-order valence-corrected chi connectivity index (χ1v) is 6.52. The molecular formula is C16H16FNO3. The molecule has 0 radical (unpaired) electrons. The van der Waals surface area contributed by atoms with E-state index in [4.69, 9.17) is 4.74 Å². The summed E-state index contributed by atoms with van der Waals surface area (Å²) in [6, 6.07) is 14.2. The molecule has 0 unspecified atom stereocenters. The van der Waals surface area contributed by atoms with Crippen LogP contribution in [0.4, 0.5) is 4.39 Å². The molecule has 0 spiro atoms. The fraction of sp³-hybridized carbons (Fsp3) is 0.188. The predicted octanol–water partition coefficient (Wildman–Crippen LogP) is 2.05. The van der Waals surface area contributed by atoms with E-state index in [1.165, 1.54) is 18.2 Å². The van der Waals surface area contributed by atoms with Crippen LogP contribution >= 0.6 is 0 Å². The molecule has 0 aromatic heterocycles. The van der Waals surface area contributed by atoms with Gasteiger partial charge in [-0.3, -0.25) is 4.79 Å². The zero-order valence-electron chi connectivity index (χ0n) is 11.3. The van der Waals surface area contributed by atoms with Crippen molar-refractivity contribution in [3.63, 3.8) is 0 Å². The van der Waals surface area contributed by atoms with Crippen LogP contribution in [0.5, 0.6) is 5.75 Å². The molecule has 2 N–H and O–H groups in total. The van der Waals surface area contributed by atoms with Crippen LogP contribution < -0.4 is 10.1 Å². The Bertz CT molecular complexity index is 589. The van der Waals surface area contributed by atoms with Gasteiger partial charge in [0.25, 0.3) is 5.91 Å². The number of rotatable bonds is 6. The van der Waals surface area contributed by atoms with Crippen molar-refractivity contribution in [1.82, 2.24) is 5.32 Å². The molecule has 0 saturated heterocycles. The fourth-order valence-electron chi connectivity index (χ4n) is 1.86. The highest BCUT2D eigenvalue weighted by atomic mass is 19.1. The Morgan fingerprint density at radius 2 is 1.95 bits per heavy atom. The molecule has 4 nitrogen and oxygen atoms in total. The summed E-state index contributed by atoms with van der Waals surface area (Å²) in [5.74, 6) is -0.530. The Morgan fingerprint density at radius 1 is 1.19 bits per heavy atom. The zero-order valence-corrected chi connectivity index (χ0v) is 11.3. The topological polar surface area (TPSA) is 58.6 Å². The standard InChI is InChI=1S/C16H16FNO3/c17-13-7-4-8-14(9-13)21-11-16(20)18-15(10-19)12-5-2-1-3-6-12/h1-9,15,19H,10-11H2,(H,18,20)/t15-/m0/s1. The molecule has 0 heterocycles. The van der Waals surface area contributed by atoms with Gasteiger partial charge in [-0.15, -0.1) is 0 Å². The van der Waals surface area contributed by atoms with E-state index < -0.39 is 11.9 Å². The number of hydrogen-bond acceptors (Lipinski definition) is 3. The Labute approximate surface area is 122 Å². The van der Waals surface area contributed by atoms with Crippen molar-refractivity contribution in [2.45, 2.75) is 6.04 Å². The van der Waals surface area contributed by atoms with Crippen molar-refractivity contribution in [1.29, 1.82) is 0 Å². The van der Waals surface area contributed by atoms with E-state index >= 15 is 0 Å². The number of aliphatic hydroxyl groups is 1. The van der Waals surface area contributed by atoms with Gasteiger partial charge in [-0.25, -0.2) is 4.39 Å². The number of carbonyl (C=O) groups excluding carboxylic acids is 1. The van der Waals surface area contributed by atoms with E-state index in [1.807, 2.05) is 30.3 Å². The van der Waals surface area contributed by atoms with Gasteiger partial charge in [-0.2, -0.15) is 0 Å². The van der Waals surface area contributed by atoms with Gasteiger partial charge in [0.05, 0.1) is 12.6 Å². The molecule has 1 atom stereocenters. The zero-order chi connectivity index (χ0) is 15.1. The maximum Gasteiger partial charge on any atom is 0.258 e. The number of carbonyl (C=O) groups is 1. The van der Waals surface area contributed by atoms with E-state index in [2.05, 4.69) is 5.32 Å². The number of hydrogen-bond donors (Lipinski definition) is 2. The van der Waals surface area contributed by atoms with Gasteiger partial charge < -0.3 is 15.2 Å². The van der Waals surface area contributed by atoms with Crippen molar-refractivity contribution in [3.8, 4) is 5.75 Å². The lowest BCUT2D eigenvalue weighted by Crippen LogP contribution is -2.34. The summed E-state index contributed by atoms with van der Waals surface area (Å²) in [7, 11) is 0. The maximum atomic E-state index is 13.0. The normalized spacial score (nSPS) is 11.7. The van der Waals surface area contributed by atoms with E-state index in [-0.39, 0.29) is 24.9 Å². The average Bonchev–Trinajstić information content (AvgIpc) is 2.51. The van der Waals surface area contributed by atoms with Gasteiger partial charge in [-0.05, 0) is 17.7 Å². The minimum atomic E-state index is -0.491. The van der Waals surface area contributed by atoms with Crippen LogP contribution in [0.2, 0.25) is 0 Å². The Hall–Kier alpha value is -2.40. The number of nitrogens with one attached hydrogen (secondary N) is 1. The first-order chi connectivity index (χ1) is 10.2. The molecule has 0 aliphatic heterocycles. The molecule has 0 aliphatic carbocycles. The molecule has 1 amide bonds. The van der Waals surface area contributed by atoms with Crippen LogP contribution in [-0.4, -0.2) is 24.2 Å². The second-order valence-corrected chi connectivity index (χ2v) is 4.46. The summed E-state index contributed by atoms with van der Waals surface area (Å²) in [6.07, 6.45) is 0. The minimum absolute atomic E-state index is 0.213. The summed E-state index contributed by atoms with van der Waals surface area (Å²) in [6.45, 7) is -0.456. The quantitative estimate of drug-likeness (QED) is 0.855. The third-order valence-electron chi connectivity index (χ3n) is 2.89. The molecule has 2 aromatic rings. The number of ether oxygens (including phenoxy) is 1. The van der Waals surface area contributed by atoms with E-state index in [9.17, 15) is 14.3 Å². The molecule has 0 saturated carbocycles. The lowest BCUT2D eigenvalue weighted by molar-refractivity contribution is -0.124. The third-order valence-corrected chi connectivity index (χ3v) is 2.89. The van der Waals surface area contributed by atoms with Crippen LogP contribution in [0, 0.1) is 5.82 Å². The number of benzene rings is 2.